The van der Waals surface area contributed by atoms with Gasteiger partial charge in [-0.1, -0.05) is 41.5 Å². The zero-order chi connectivity index (χ0) is 22.5. The molecule has 0 atom stereocenters. The van der Waals surface area contributed by atoms with Crippen molar-refractivity contribution in [3.63, 3.8) is 0 Å². The van der Waals surface area contributed by atoms with Crippen LogP contribution in [0.2, 0.25) is 10.0 Å². The Morgan fingerprint density at radius 3 is 2.68 bits per heavy atom. The Balaban J connectivity index is 1.70. The molecule has 11 heteroatoms. The fourth-order valence-corrected chi connectivity index (χ4v) is 4.44. The fourth-order valence-electron chi connectivity index (χ4n) is 2.73. The molecule has 31 heavy (non-hydrogen) atoms. The van der Waals surface area contributed by atoms with E-state index in [-0.39, 0.29) is 27.4 Å². The second kappa shape index (κ2) is 10.2. The van der Waals surface area contributed by atoms with E-state index in [1.54, 1.807) is 12.1 Å². The van der Waals surface area contributed by atoms with Crippen LogP contribution in [0.5, 0.6) is 5.75 Å². The van der Waals surface area contributed by atoms with Gasteiger partial charge >= 0.3 is 0 Å². The lowest BCUT2D eigenvalue weighted by Gasteiger charge is -2.13. The van der Waals surface area contributed by atoms with Crippen LogP contribution in [-0.4, -0.2) is 29.0 Å². The van der Waals surface area contributed by atoms with Crippen LogP contribution in [0.25, 0.3) is 10.2 Å². The number of hydrogen-bond acceptors (Lipinski definition) is 6. The number of fused-ring (bicyclic) bond motifs is 1. The second-order valence-corrected chi connectivity index (χ2v) is 8.66. The normalized spacial score (nSPS) is 10.6. The van der Waals surface area contributed by atoms with Gasteiger partial charge in [0.25, 0.3) is 5.91 Å². The monoisotopic (exact) mass is 496 g/mol. The SMILES string of the molecule is CCCC(=O)Nc1nc2ccc(NC(=S)NC(=O)c3cc(Cl)cc(Cl)c3OC)cc2s1. The highest BCUT2D eigenvalue weighted by molar-refractivity contribution is 7.80. The number of aromatic nitrogens is 1. The molecule has 7 nitrogen and oxygen atoms in total. The number of nitrogens with one attached hydrogen (secondary N) is 3. The maximum absolute atomic E-state index is 12.6. The van der Waals surface area contributed by atoms with Crippen molar-refractivity contribution in [2.45, 2.75) is 19.8 Å². The molecule has 0 bridgehead atoms. The fraction of sp³-hybridized carbons (Fsp3) is 0.200. The summed E-state index contributed by atoms with van der Waals surface area (Å²) in [6.07, 6.45) is 1.21. The molecule has 2 aromatic carbocycles. The molecule has 0 fully saturated rings. The maximum atomic E-state index is 12.6. The van der Waals surface area contributed by atoms with Crippen LogP contribution in [-0.2, 0) is 4.79 Å². The molecule has 2 amide bonds. The average molecular weight is 497 g/mol. The molecule has 0 spiro atoms. The first-order valence-corrected chi connectivity index (χ1v) is 11.1. The first kappa shape index (κ1) is 23.2. The standard InChI is InChI=1S/C20H18Cl2N4O3S2/c1-3-4-16(27)25-20-24-14-6-5-11(9-15(14)31-20)23-19(30)26-18(28)12-7-10(21)8-13(22)17(12)29-2/h5-9H,3-4H2,1-2H3,(H,24,25,27)(H2,23,26,28,30). The summed E-state index contributed by atoms with van der Waals surface area (Å²) in [5.74, 6) is -0.381. The van der Waals surface area contributed by atoms with Crippen LogP contribution < -0.4 is 20.7 Å². The predicted octanol–water partition coefficient (Wildman–Crippen LogP) is 5.48. The third kappa shape index (κ3) is 5.82. The van der Waals surface area contributed by atoms with Gasteiger partial charge in [-0.3, -0.25) is 14.9 Å². The molecule has 0 unspecified atom stereocenters. The molecule has 0 radical (unpaired) electrons. The molecule has 0 saturated heterocycles. The number of ether oxygens (including phenoxy) is 1. The number of thiazole rings is 1. The molecule has 0 aliphatic carbocycles. The average Bonchev–Trinajstić information content (AvgIpc) is 3.08. The van der Waals surface area contributed by atoms with E-state index in [4.69, 9.17) is 40.2 Å². The van der Waals surface area contributed by atoms with Crippen LogP contribution >= 0.6 is 46.8 Å². The van der Waals surface area contributed by atoms with Crippen LogP contribution in [0.1, 0.15) is 30.1 Å². The minimum Gasteiger partial charge on any atom is -0.494 e. The summed E-state index contributed by atoms with van der Waals surface area (Å²) >= 11 is 18.7. The van der Waals surface area contributed by atoms with Crippen molar-refractivity contribution in [3.8, 4) is 5.75 Å². The highest BCUT2D eigenvalue weighted by atomic mass is 35.5. The topological polar surface area (TPSA) is 92.4 Å². The molecule has 3 N–H and O–H groups in total. The van der Waals surface area contributed by atoms with E-state index in [1.807, 2.05) is 13.0 Å². The third-order valence-electron chi connectivity index (χ3n) is 4.05. The molecule has 3 aromatic rings. The number of benzene rings is 2. The quantitative estimate of drug-likeness (QED) is 0.391. The van der Waals surface area contributed by atoms with Gasteiger partial charge in [-0.15, -0.1) is 0 Å². The molecule has 0 aliphatic heterocycles. The molecule has 3 rings (SSSR count). The van der Waals surface area contributed by atoms with Crippen LogP contribution in [0.15, 0.2) is 30.3 Å². The summed E-state index contributed by atoms with van der Waals surface area (Å²) in [5.41, 5.74) is 1.56. The number of rotatable bonds is 6. The van der Waals surface area contributed by atoms with Gasteiger partial charge in [-0.25, -0.2) is 4.98 Å². The Hall–Kier alpha value is -2.46. The summed E-state index contributed by atoms with van der Waals surface area (Å²) in [6.45, 7) is 1.94. The molecule has 1 heterocycles. The summed E-state index contributed by atoms with van der Waals surface area (Å²) in [6, 6.07) is 8.33. The van der Waals surface area contributed by atoms with E-state index in [2.05, 4.69) is 20.9 Å². The van der Waals surface area contributed by atoms with E-state index in [1.165, 1.54) is 30.6 Å². The summed E-state index contributed by atoms with van der Waals surface area (Å²) < 4.78 is 6.05. The number of carbonyl (C=O) groups is 2. The summed E-state index contributed by atoms with van der Waals surface area (Å²) in [4.78, 5) is 28.8. The third-order valence-corrected chi connectivity index (χ3v) is 5.69. The minimum atomic E-state index is -0.515. The number of anilines is 2. The Morgan fingerprint density at radius 1 is 1.19 bits per heavy atom. The van der Waals surface area contributed by atoms with Gasteiger partial charge in [-0.05, 0) is 49.0 Å². The predicted molar refractivity (Wildman–Crippen MR) is 130 cm³/mol. The first-order chi connectivity index (χ1) is 14.8. The minimum absolute atomic E-state index is 0.0691. The van der Waals surface area contributed by atoms with Crippen molar-refractivity contribution < 1.29 is 14.3 Å². The largest absolute Gasteiger partial charge is 0.494 e. The smallest absolute Gasteiger partial charge is 0.261 e. The van der Waals surface area contributed by atoms with E-state index < -0.39 is 5.91 Å². The van der Waals surface area contributed by atoms with Gasteiger partial charge in [0.05, 0.1) is 27.9 Å². The van der Waals surface area contributed by atoms with E-state index in [0.29, 0.717) is 22.3 Å². The van der Waals surface area contributed by atoms with Gasteiger partial charge in [-0.2, -0.15) is 0 Å². The Labute approximate surface area is 198 Å². The van der Waals surface area contributed by atoms with E-state index in [0.717, 1.165) is 16.6 Å². The zero-order valence-corrected chi connectivity index (χ0v) is 19.7. The highest BCUT2D eigenvalue weighted by Crippen LogP contribution is 2.32. The number of hydrogen-bond donors (Lipinski definition) is 3. The lowest BCUT2D eigenvalue weighted by atomic mass is 10.2. The lowest BCUT2D eigenvalue weighted by molar-refractivity contribution is -0.116. The van der Waals surface area contributed by atoms with Crippen molar-refractivity contribution >= 4 is 84.7 Å². The number of amides is 2. The van der Waals surface area contributed by atoms with Crippen molar-refractivity contribution in [2.24, 2.45) is 0 Å². The van der Waals surface area contributed by atoms with E-state index in [9.17, 15) is 9.59 Å². The Bertz CT molecular complexity index is 1170. The molecule has 0 aliphatic rings. The number of halogens is 2. The van der Waals surface area contributed by atoms with Crippen LogP contribution in [0, 0.1) is 0 Å². The summed E-state index contributed by atoms with van der Waals surface area (Å²) in [7, 11) is 1.41. The van der Waals surface area contributed by atoms with Crippen LogP contribution in [0.4, 0.5) is 10.8 Å². The van der Waals surface area contributed by atoms with Gasteiger partial charge in [0.2, 0.25) is 5.91 Å². The van der Waals surface area contributed by atoms with Crippen molar-refractivity contribution in [1.29, 1.82) is 0 Å². The molecule has 162 valence electrons. The van der Waals surface area contributed by atoms with Gasteiger partial charge in [0.1, 0.15) is 5.75 Å². The first-order valence-electron chi connectivity index (χ1n) is 9.16. The number of methoxy groups -OCH3 is 1. The van der Waals surface area contributed by atoms with Crippen molar-refractivity contribution in [3.05, 3.63) is 45.9 Å². The Kier molecular flexibility index (Phi) is 7.66. The van der Waals surface area contributed by atoms with E-state index >= 15 is 0 Å². The van der Waals surface area contributed by atoms with Gasteiger partial charge in [0.15, 0.2) is 10.2 Å². The Morgan fingerprint density at radius 2 is 1.97 bits per heavy atom. The highest BCUT2D eigenvalue weighted by Gasteiger charge is 2.18. The second-order valence-electron chi connectivity index (χ2n) is 6.38. The molecule has 0 saturated carbocycles. The summed E-state index contributed by atoms with van der Waals surface area (Å²) in [5, 5.41) is 9.46. The van der Waals surface area contributed by atoms with Crippen molar-refractivity contribution in [2.75, 3.05) is 17.7 Å². The number of carbonyl (C=O) groups excluding carboxylic acids is 2. The maximum Gasteiger partial charge on any atom is 0.261 e. The van der Waals surface area contributed by atoms with Crippen LogP contribution in [0.3, 0.4) is 0 Å². The molecular formula is C20H18Cl2N4O3S2. The van der Waals surface area contributed by atoms with Gasteiger partial charge in [0, 0.05) is 17.1 Å². The number of nitrogens with zero attached hydrogens (tertiary/aromatic N) is 1. The van der Waals surface area contributed by atoms with Crippen molar-refractivity contribution in [1.82, 2.24) is 10.3 Å². The number of thiocarbonyl (C=S) groups is 1. The molecular weight excluding hydrogens is 479 g/mol. The lowest BCUT2D eigenvalue weighted by Crippen LogP contribution is -2.34. The molecule has 1 aromatic heterocycles. The zero-order valence-electron chi connectivity index (χ0n) is 16.5. The van der Waals surface area contributed by atoms with Gasteiger partial charge < -0.3 is 15.4 Å².